The van der Waals surface area contributed by atoms with Crippen molar-refractivity contribution in [3.8, 4) is 22.5 Å². The summed E-state index contributed by atoms with van der Waals surface area (Å²) in [5.74, 6) is 1.43. The summed E-state index contributed by atoms with van der Waals surface area (Å²) in [5.41, 5.74) is 10.3. The van der Waals surface area contributed by atoms with Crippen LogP contribution in [0.5, 0.6) is 0 Å². The minimum atomic E-state index is 0.605. The van der Waals surface area contributed by atoms with Crippen LogP contribution in [0.25, 0.3) is 49.6 Å². The molecule has 1 unspecified atom stereocenters. The van der Waals surface area contributed by atoms with Crippen molar-refractivity contribution >= 4 is 27.1 Å². The van der Waals surface area contributed by atoms with Gasteiger partial charge in [0.15, 0.2) is 0 Å². The molecule has 0 aliphatic heterocycles. The molecule has 198 valence electrons. The van der Waals surface area contributed by atoms with Gasteiger partial charge >= 0.3 is 0 Å². The zero-order chi connectivity index (χ0) is 27.2. The number of nitrogens with zero attached hydrogens (tertiary/aromatic N) is 1. The molecular formula is C40H33N. The SMILES string of the molecule is C1=C(c2c3ccccc3c(-c3cccc(-c4ccccc4)n3)c3ccccc23)CCC(c2ccc(C3CC3)cc2)C1. The molecule has 8 rings (SSSR count). The average Bonchev–Trinajstić information content (AvgIpc) is 3.90. The van der Waals surface area contributed by atoms with Gasteiger partial charge in [0.1, 0.15) is 0 Å². The Morgan fingerprint density at radius 2 is 1.02 bits per heavy atom. The predicted octanol–water partition coefficient (Wildman–Crippen LogP) is 11.0. The van der Waals surface area contributed by atoms with Gasteiger partial charge in [-0.25, -0.2) is 4.98 Å². The fourth-order valence-electron chi connectivity index (χ4n) is 6.91. The van der Waals surface area contributed by atoms with Crippen LogP contribution in [0.2, 0.25) is 0 Å². The molecule has 1 atom stereocenters. The summed E-state index contributed by atoms with van der Waals surface area (Å²) in [6.45, 7) is 0. The van der Waals surface area contributed by atoms with Crippen molar-refractivity contribution in [2.45, 2.75) is 43.9 Å². The van der Waals surface area contributed by atoms with Crippen LogP contribution in [0.3, 0.4) is 0 Å². The molecule has 0 spiro atoms. The number of benzene rings is 5. The third-order valence-corrected chi connectivity index (χ3v) is 9.19. The first-order valence-electron chi connectivity index (χ1n) is 15.1. The second-order valence-corrected chi connectivity index (χ2v) is 11.8. The van der Waals surface area contributed by atoms with Gasteiger partial charge in [-0.05, 0) is 99.9 Å². The molecule has 1 nitrogen and oxygen atoms in total. The second kappa shape index (κ2) is 10.2. The van der Waals surface area contributed by atoms with Crippen LogP contribution in [0.4, 0.5) is 0 Å². The van der Waals surface area contributed by atoms with E-state index in [9.17, 15) is 0 Å². The van der Waals surface area contributed by atoms with Gasteiger partial charge in [-0.1, -0.05) is 115 Å². The molecule has 2 aliphatic carbocycles. The Morgan fingerprint density at radius 3 is 1.61 bits per heavy atom. The fourth-order valence-corrected chi connectivity index (χ4v) is 6.91. The first-order chi connectivity index (χ1) is 20.3. The lowest BCUT2D eigenvalue weighted by Gasteiger charge is -2.25. The van der Waals surface area contributed by atoms with Crippen LogP contribution in [-0.2, 0) is 0 Å². The number of aromatic nitrogens is 1. The van der Waals surface area contributed by atoms with Crippen LogP contribution in [0.1, 0.15) is 60.6 Å². The number of rotatable bonds is 5. The standard InChI is InChI=1S/C40H33N/c1-2-9-31(10-3-1)37-15-8-16-38(41-37)40-35-13-6-4-11-33(35)39(34-12-5-7-14-36(34)40)32-25-23-30(24-26-32)29-21-19-28(20-22-29)27-17-18-27/h1-16,19-22,25,27,30H,17-18,23-24,26H2. The summed E-state index contributed by atoms with van der Waals surface area (Å²) in [7, 11) is 0. The first kappa shape index (κ1) is 24.3. The van der Waals surface area contributed by atoms with Gasteiger partial charge in [-0.2, -0.15) is 0 Å². The number of hydrogen-bond donors (Lipinski definition) is 0. The van der Waals surface area contributed by atoms with Crippen LogP contribution >= 0.6 is 0 Å². The van der Waals surface area contributed by atoms with Gasteiger partial charge in [0, 0.05) is 11.1 Å². The molecule has 0 amide bonds. The first-order valence-corrected chi connectivity index (χ1v) is 15.1. The Kier molecular flexibility index (Phi) is 6.03. The molecule has 1 fully saturated rings. The van der Waals surface area contributed by atoms with E-state index in [1.807, 2.05) is 0 Å². The van der Waals surface area contributed by atoms with Crippen molar-refractivity contribution < 1.29 is 0 Å². The smallest absolute Gasteiger partial charge is 0.0722 e. The van der Waals surface area contributed by atoms with E-state index in [0.29, 0.717) is 5.92 Å². The molecular weight excluding hydrogens is 494 g/mol. The van der Waals surface area contributed by atoms with Gasteiger partial charge in [0.05, 0.1) is 11.4 Å². The summed E-state index contributed by atoms with van der Waals surface area (Å²) in [6.07, 6.45) is 8.66. The number of allylic oxidation sites excluding steroid dienone is 2. The average molecular weight is 528 g/mol. The topological polar surface area (TPSA) is 12.9 Å². The molecule has 0 N–H and O–H groups in total. The number of hydrogen-bond acceptors (Lipinski definition) is 1. The largest absolute Gasteiger partial charge is 0.248 e. The normalized spacial score (nSPS) is 17.1. The minimum absolute atomic E-state index is 0.605. The Bertz CT molecular complexity index is 1850. The van der Waals surface area contributed by atoms with Crippen LogP contribution in [0.15, 0.2) is 127 Å². The molecule has 1 heteroatoms. The highest BCUT2D eigenvalue weighted by atomic mass is 14.7. The third-order valence-electron chi connectivity index (χ3n) is 9.19. The zero-order valence-electron chi connectivity index (χ0n) is 23.3. The van der Waals surface area contributed by atoms with E-state index in [1.165, 1.54) is 68.6 Å². The molecule has 1 heterocycles. The van der Waals surface area contributed by atoms with E-state index in [-0.39, 0.29) is 0 Å². The summed E-state index contributed by atoms with van der Waals surface area (Å²) >= 11 is 0. The third kappa shape index (κ3) is 4.46. The summed E-state index contributed by atoms with van der Waals surface area (Å²) in [4.78, 5) is 5.21. The lowest BCUT2D eigenvalue weighted by atomic mass is 9.79. The summed E-state index contributed by atoms with van der Waals surface area (Å²) in [5, 5.41) is 5.20. The van der Waals surface area contributed by atoms with Gasteiger partial charge in [-0.15, -0.1) is 0 Å². The van der Waals surface area contributed by atoms with E-state index in [1.54, 1.807) is 0 Å². The summed E-state index contributed by atoms with van der Waals surface area (Å²) < 4.78 is 0. The lowest BCUT2D eigenvalue weighted by molar-refractivity contribution is 0.626. The van der Waals surface area contributed by atoms with E-state index in [0.717, 1.165) is 35.7 Å². The second-order valence-electron chi connectivity index (χ2n) is 11.8. The van der Waals surface area contributed by atoms with Crippen molar-refractivity contribution in [2.24, 2.45) is 0 Å². The van der Waals surface area contributed by atoms with Crippen molar-refractivity contribution in [3.63, 3.8) is 0 Å². The zero-order valence-corrected chi connectivity index (χ0v) is 23.3. The summed E-state index contributed by atoms with van der Waals surface area (Å²) in [6, 6.07) is 44.4. The molecule has 2 aliphatic rings. The van der Waals surface area contributed by atoms with E-state index in [4.69, 9.17) is 4.98 Å². The monoisotopic (exact) mass is 527 g/mol. The highest BCUT2D eigenvalue weighted by molar-refractivity contribution is 6.18. The van der Waals surface area contributed by atoms with Crippen LogP contribution in [0, 0.1) is 0 Å². The van der Waals surface area contributed by atoms with E-state index >= 15 is 0 Å². The number of pyridine rings is 1. The predicted molar refractivity (Wildman–Crippen MR) is 173 cm³/mol. The Balaban J connectivity index is 1.24. The molecule has 41 heavy (non-hydrogen) atoms. The molecule has 1 saturated carbocycles. The minimum Gasteiger partial charge on any atom is -0.248 e. The van der Waals surface area contributed by atoms with Crippen molar-refractivity contribution in [2.75, 3.05) is 0 Å². The molecule has 0 radical (unpaired) electrons. The van der Waals surface area contributed by atoms with Gasteiger partial charge in [0.2, 0.25) is 0 Å². The Labute approximate surface area is 242 Å². The Morgan fingerprint density at radius 1 is 0.463 bits per heavy atom. The van der Waals surface area contributed by atoms with Crippen LogP contribution in [-0.4, -0.2) is 4.98 Å². The Hall–Kier alpha value is -4.49. The van der Waals surface area contributed by atoms with E-state index < -0.39 is 0 Å². The highest BCUT2D eigenvalue weighted by Crippen LogP contribution is 2.46. The van der Waals surface area contributed by atoms with Crippen molar-refractivity contribution in [1.29, 1.82) is 0 Å². The van der Waals surface area contributed by atoms with Gasteiger partial charge < -0.3 is 0 Å². The molecule has 1 aromatic heterocycles. The van der Waals surface area contributed by atoms with Crippen molar-refractivity contribution in [3.05, 3.63) is 144 Å². The maximum atomic E-state index is 5.21. The maximum Gasteiger partial charge on any atom is 0.0722 e. The molecule has 5 aromatic carbocycles. The van der Waals surface area contributed by atoms with Gasteiger partial charge in [0.25, 0.3) is 0 Å². The number of fused-ring (bicyclic) bond motifs is 2. The molecule has 0 bridgehead atoms. The van der Waals surface area contributed by atoms with E-state index in [2.05, 4.69) is 127 Å². The maximum absolute atomic E-state index is 5.21. The fraction of sp³-hybridized carbons (Fsp3) is 0.175. The quantitative estimate of drug-likeness (QED) is 0.203. The lowest BCUT2D eigenvalue weighted by Crippen LogP contribution is -2.05. The van der Waals surface area contributed by atoms with Crippen molar-refractivity contribution in [1.82, 2.24) is 4.98 Å². The van der Waals surface area contributed by atoms with Gasteiger partial charge in [-0.3, -0.25) is 0 Å². The molecule has 0 saturated heterocycles. The molecule has 6 aromatic rings. The van der Waals surface area contributed by atoms with Crippen LogP contribution < -0.4 is 0 Å². The highest BCUT2D eigenvalue weighted by Gasteiger charge is 2.25.